The number of carbonyl (C=O) groups excluding carboxylic acids is 3. The Hall–Kier alpha value is -2.63. The SMILES string of the molecule is Cc1[nH]c2ccccc2c1C(=O)C(=O)N[C@H](C)CN1CCCC1=O. The Morgan fingerprint density at radius 2 is 2.08 bits per heavy atom. The highest BCUT2D eigenvalue weighted by atomic mass is 16.2. The Bertz CT molecular complexity index is 809. The zero-order valence-corrected chi connectivity index (χ0v) is 13.9. The smallest absolute Gasteiger partial charge is 0.292 e. The molecule has 2 N–H and O–H groups in total. The molecule has 0 radical (unpaired) electrons. The first kappa shape index (κ1) is 16.2. The second-order valence-electron chi connectivity index (χ2n) is 6.32. The highest BCUT2D eigenvalue weighted by molar-refractivity contribution is 6.45. The van der Waals surface area contributed by atoms with Crippen LogP contribution >= 0.6 is 0 Å². The largest absolute Gasteiger partial charge is 0.358 e. The van der Waals surface area contributed by atoms with Gasteiger partial charge in [0.2, 0.25) is 5.91 Å². The first-order valence-corrected chi connectivity index (χ1v) is 8.17. The molecule has 1 aromatic carbocycles. The van der Waals surface area contributed by atoms with E-state index in [9.17, 15) is 14.4 Å². The van der Waals surface area contributed by atoms with Gasteiger partial charge >= 0.3 is 0 Å². The first-order valence-electron chi connectivity index (χ1n) is 8.17. The molecule has 1 saturated heterocycles. The highest BCUT2D eigenvalue weighted by Gasteiger charge is 2.26. The lowest BCUT2D eigenvalue weighted by atomic mass is 10.1. The summed E-state index contributed by atoms with van der Waals surface area (Å²) in [6.45, 7) is 4.74. The molecule has 1 atom stereocenters. The molecule has 0 saturated carbocycles. The van der Waals surface area contributed by atoms with Gasteiger partial charge in [0, 0.05) is 42.1 Å². The molecular formula is C18H21N3O3. The third-order valence-corrected chi connectivity index (χ3v) is 4.37. The number of Topliss-reactive ketones (excluding diaryl/α,β-unsaturated/α-hetero) is 1. The van der Waals surface area contributed by atoms with Crippen molar-refractivity contribution >= 4 is 28.5 Å². The lowest BCUT2D eigenvalue weighted by Gasteiger charge is -2.21. The predicted octanol–water partition coefficient (Wildman–Crippen LogP) is 1.79. The molecule has 0 unspecified atom stereocenters. The average molecular weight is 327 g/mol. The van der Waals surface area contributed by atoms with Crippen molar-refractivity contribution in [3.8, 4) is 0 Å². The predicted molar refractivity (Wildman–Crippen MR) is 90.8 cm³/mol. The number of hydrogen-bond acceptors (Lipinski definition) is 3. The first-order chi connectivity index (χ1) is 11.5. The van der Waals surface area contributed by atoms with Gasteiger partial charge in [-0.1, -0.05) is 18.2 Å². The molecule has 2 aromatic rings. The summed E-state index contributed by atoms with van der Waals surface area (Å²) in [6, 6.07) is 7.15. The Morgan fingerprint density at radius 1 is 1.33 bits per heavy atom. The number of nitrogens with zero attached hydrogens (tertiary/aromatic N) is 1. The molecule has 0 spiro atoms. The van der Waals surface area contributed by atoms with Crippen LogP contribution in [0.2, 0.25) is 0 Å². The summed E-state index contributed by atoms with van der Waals surface area (Å²) in [6.07, 6.45) is 1.42. The number of H-pyrrole nitrogens is 1. The molecule has 1 aromatic heterocycles. The summed E-state index contributed by atoms with van der Waals surface area (Å²) in [7, 11) is 0. The van der Waals surface area contributed by atoms with Crippen molar-refractivity contribution < 1.29 is 14.4 Å². The molecule has 1 aliphatic heterocycles. The van der Waals surface area contributed by atoms with Gasteiger partial charge < -0.3 is 15.2 Å². The van der Waals surface area contributed by atoms with Crippen molar-refractivity contribution in [1.82, 2.24) is 15.2 Å². The number of amides is 2. The van der Waals surface area contributed by atoms with Crippen molar-refractivity contribution in [3.63, 3.8) is 0 Å². The maximum absolute atomic E-state index is 12.6. The Balaban J connectivity index is 1.71. The summed E-state index contributed by atoms with van der Waals surface area (Å²) in [5.41, 5.74) is 1.92. The fourth-order valence-corrected chi connectivity index (χ4v) is 3.25. The normalized spacial score (nSPS) is 15.8. The number of para-hydroxylation sites is 1. The quantitative estimate of drug-likeness (QED) is 0.649. The second-order valence-corrected chi connectivity index (χ2v) is 6.32. The van der Waals surface area contributed by atoms with Crippen LogP contribution in [0.15, 0.2) is 24.3 Å². The van der Waals surface area contributed by atoms with Crippen molar-refractivity contribution in [3.05, 3.63) is 35.5 Å². The number of nitrogens with one attached hydrogen (secondary N) is 2. The minimum absolute atomic E-state index is 0.106. The minimum Gasteiger partial charge on any atom is -0.358 e. The number of benzene rings is 1. The van der Waals surface area contributed by atoms with Crippen LogP contribution in [0.25, 0.3) is 10.9 Å². The van der Waals surface area contributed by atoms with Gasteiger partial charge in [0.15, 0.2) is 0 Å². The Kier molecular flexibility index (Phi) is 4.38. The van der Waals surface area contributed by atoms with Gasteiger partial charge in [0.1, 0.15) is 0 Å². The van der Waals surface area contributed by atoms with E-state index in [0.29, 0.717) is 30.8 Å². The molecule has 0 aliphatic carbocycles. The molecule has 2 amide bonds. The van der Waals surface area contributed by atoms with Crippen LogP contribution in [-0.4, -0.2) is 46.6 Å². The fourth-order valence-electron chi connectivity index (χ4n) is 3.25. The number of aromatic amines is 1. The van der Waals surface area contributed by atoms with E-state index >= 15 is 0 Å². The Morgan fingerprint density at radius 3 is 2.79 bits per heavy atom. The van der Waals surface area contributed by atoms with Crippen molar-refractivity contribution in [1.29, 1.82) is 0 Å². The maximum Gasteiger partial charge on any atom is 0.292 e. The lowest BCUT2D eigenvalue weighted by molar-refractivity contribution is -0.128. The standard InChI is InChI=1S/C18H21N3O3/c1-11(10-21-9-5-8-15(21)22)19-18(24)17(23)16-12(2)20-14-7-4-3-6-13(14)16/h3-4,6-7,11,20H,5,8-10H2,1-2H3,(H,19,24)/t11-/m1/s1. The minimum atomic E-state index is -0.637. The molecule has 6 heteroatoms. The molecule has 1 aliphatic rings. The molecule has 126 valence electrons. The summed E-state index contributed by atoms with van der Waals surface area (Å²) in [5, 5.41) is 3.46. The molecule has 2 heterocycles. The van der Waals surface area contributed by atoms with Crippen molar-refractivity contribution in [2.24, 2.45) is 0 Å². The number of hydrogen-bond donors (Lipinski definition) is 2. The number of likely N-dealkylation sites (tertiary alicyclic amines) is 1. The van der Waals surface area contributed by atoms with E-state index in [2.05, 4.69) is 10.3 Å². The van der Waals surface area contributed by atoms with Gasteiger partial charge in [0.05, 0.1) is 5.56 Å². The molecule has 3 rings (SSSR count). The van der Waals surface area contributed by atoms with E-state index in [4.69, 9.17) is 0 Å². The number of rotatable bonds is 5. The third-order valence-electron chi connectivity index (χ3n) is 4.37. The molecule has 0 bridgehead atoms. The van der Waals surface area contributed by atoms with E-state index in [-0.39, 0.29) is 11.9 Å². The summed E-state index contributed by atoms with van der Waals surface area (Å²) >= 11 is 0. The monoisotopic (exact) mass is 327 g/mol. The van der Waals surface area contributed by atoms with E-state index in [1.807, 2.05) is 24.3 Å². The molecular weight excluding hydrogens is 306 g/mol. The van der Waals surface area contributed by atoms with Crippen molar-refractivity contribution in [2.75, 3.05) is 13.1 Å². The number of carbonyl (C=O) groups is 3. The zero-order valence-electron chi connectivity index (χ0n) is 13.9. The number of fused-ring (bicyclic) bond motifs is 1. The summed E-state index contributed by atoms with van der Waals surface area (Å²) in [5.74, 6) is -1.08. The Labute approximate surface area is 140 Å². The molecule has 24 heavy (non-hydrogen) atoms. The number of aryl methyl sites for hydroxylation is 1. The van der Waals surface area contributed by atoms with Crippen LogP contribution < -0.4 is 5.32 Å². The number of ketones is 1. The fraction of sp³-hybridized carbons (Fsp3) is 0.389. The summed E-state index contributed by atoms with van der Waals surface area (Å²) in [4.78, 5) is 41.4. The van der Waals surface area contributed by atoms with E-state index in [0.717, 1.165) is 17.3 Å². The topological polar surface area (TPSA) is 82.3 Å². The lowest BCUT2D eigenvalue weighted by Crippen LogP contribution is -2.44. The maximum atomic E-state index is 12.6. The van der Waals surface area contributed by atoms with Crippen LogP contribution in [-0.2, 0) is 9.59 Å². The van der Waals surface area contributed by atoms with Crippen LogP contribution in [0.4, 0.5) is 0 Å². The molecule has 6 nitrogen and oxygen atoms in total. The highest BCUT2D eigenvalue weighted by Crippen LogP contribution is 2.22. The van der Waals surface area contributed by atoms with Gasteiger partial charge in [0.25, 0.3) is 11.7 Å². The van der Waals surface area contributed by atoms with Crippen LogP contribution in [0, 0.1) is 6.92 Å². The van der Waals surface area contributed by atoms with E-state index in [1.54, 1.807) is 18.7 Å². The van der Waals surface area contributed by atoms with E-state index < -0.39 is 11.7 Å². The van der Waals surface area contributed by atoms with Gasteiger partial charge in [-0.05, 0) is 26.3 Å². The van der Waals surface area contributed by atoms with Crippen LogP contribution in [0.1, 0.15) is 35.8 Å². The van der Waals surface area contributed by atoms with Gasteiger partial charge in [-0.2, -0.15) is 0 Å². The average Bonchev–Trinajstić information content (AvgIpc) is 3.09. The third kappa shape index (κ3) is 3.04. The van der Waals surface area contributed by atoms with Crippen molar-refractivity contribution in [2.45, 2.75) is 32.7 Å². The van der Waals surface area contributed by atoms with Crippen LogP contribution in [0.5, 0.6) is 0 Å². The number of aromatic nitrogens is 1. The summed E-state index contributed by atoms with van der Waals surface area (Å²) < 4.78 is 0. The van der Waals surface area contributed by atoms with Gasteiger partial charge in [-0.25, -0.2) is 0 Å². The molecule has 1 fully saturated rings. The second kappa shape index (κ2) is 6.47. The van der Waals surface area contributed by atoms with Gasteiger partial charge in [-0.3, -0.25) is 14.4 Å². The van der Waals surface area contributed by atoms with Crippen LogP contribution in [0.3, 0.4) is 0 Å². The van der Waals surface area contributed by atoms with Gasteiger partial charge in [-0.15, -0.1) is 0 Å². The van der Waals surface area contributed by atoms with E-state index in [1.165, 1.54) is 0 Å². The zero-order chi connectivity index (χ0) is 17.3.